The van der Waals surface area contributed by atoms with Gasteiger partial charge in [-0.05, 0) is 51.6 Å². The third kappa shape index (κ3) is 2.78. The van der Waals surface area contributed by atoms with Crippen molar-refractivity contribution in [3.05, 3.63) is 0 Å². The molecule has 0 aromatic heterocycles. The van der Waals surface area contributed by atoms with Gasteiger partial charge in [0.1, 0.15) is 0 Å². The Labute approximate surface area is 101 Å². The van der Waals surface area contributed by atoms with Crippen molar-refractivity contribution in [2.24, 2.45) is 5.41 Å². The highest BCUT2D eigenvalue weighted by Gasteiger charge is 2.36. The number of hydrogen-bond acceptors (Lipinski definition) is 2. The molecular weight excluding hydrogens is 196 g/mol. The van der Waals surface area contributed by atoms with E-state index in [0.29, 0.717) is 5.41 Å². The molecule has 2 fully saturated rings. The molecule has 94 valence electrons. The molecule has 1 N–H and O–H groups in total. The van der Waals surface area contributed by atoms with Gasteiger partial charge in [-0.2, -0.15) is 0 Å². The van der Waals surface area contributed by atoms with Gasteiger partial charge in [0, 0.05) is 19.1 Å². The van der Waals surface area contributed by atoms with Crippen molar-refractivity contribution in [2.75, 3.05) is 26.7 Å². The maximum Gasteiger partial charge on any atom is 0.00671 e. The van der Waals surface area contributed by atoms with Crippen LogP contribution in [0, 0.1) is 5.41 Å². The van der Waals surface area contributed by atoms with Crippen LogP contribution in [0.25, 0.3) is 0 Å². The third-order valence-electron chi connectivity index (χ3n) is 4.70. The smallest absolute Gasteiger partial charge is 0.00671 e. The molecule has 0 aromatic carbocycles. The summed E-state index contributed by atoms with van der Waals surface area (Å²) in [7, 11) is 2.11. The Balaban J connectivity index is 1.93. The van der Waals surface area contributed by atoms with Gasteiger partial charge in [-0.3, -0.25) is 0 Å². The summed E-state index contributed by atoms with van der Waals surface area (Å²) in [5.74, 6) is 0. The molecule has 1 atom stereocenters. The zero-order chi connectivity index (χ0) is 11.4. The predicted octanol–water partition coefficient (Wildman–Crippen LogP) is 2.64. The number of hydrogen-bond donors (Lipinski definition) is 1. The molecule has 2 nitrogen and oxygen atoms in total. The average molecular weight is 224 g/mol. The van der Waals surface area contributed by atoms with Crippen molar-refractivity contribution in [1.29, 1.82) is 0 Å². The lowest BCUT2D eigenvalue weighted by Crippen LogP contribution is -2.47. The monoisotopic (exact) mass is 224 g/mol. The summed E-state index contributed by atoms with van der Waals surface area (Å²) >= 11 is 0. The van der Waals surface area contributed by atoms with E-state index in [1.54, 1.807) is 0 Å². The lowest BCUT2D eigenvalue weighted by molar-refractivity contribution is 0.0902. The van der Waals surface area contributed by atoms with Crippen molar-refractivity contribution >= 4 is 0 Å². The van der Waals surface area contributed by atoms with Crippen LogP contribution < -0.4 is 5.32 Å². The molecule has 1 saturated carbocycles. The molecule has 0 aromatic rings. The van der Waals surface area contributed by atoms with Crippen LogP contribution in [0.3, 0.4) is 0 Å². The quantitative estimate of drug-likeness (QED) is 0.790. The normalized spacial score (nSPS) is 30.8. The Bertz CT molecular complexity index is 209. The van der Waals surface area contributed by atoms with Crippen molar-refractivity contribution in [1.82, 2.24) is 10.2 Å². The van der Waals surface area contributed by atoms with Crippen LogP contribution >= 0.6 is 0 Å². The van der Waals surface area contributed by atoms with E-state index in [0.717, 1.165) is 6.04 Å². The van der Waals surface area contributed by atoms with Gasteiger partial charge in [0.15, 0.2) is 0 Å². The summed E-state index contributed by atoms with van der Waals surface area (Å²) in [5, 5.41) is 3.43. The van der Waals surface area contributed by atoms with E-state index in [1.165, 1.54) is 64.6 Å². The van der Waals surface area contributed by atoms with E-state index >= 15 is 0 Å². The topological polar surface area (TPSA) is 15.3 Å². The van der Waals surface area contributed by atoms with Crippen LogP contribution in [0.1, 0.15) is 51.9 Å². The predicted molar refractivity (Wildman–Crippen MR) is 69.7 cm³/mol. The minimum absolute atomic E-state index is 0.598. The maximum absolute atomic E-state index is 3.43. The second-order valence-corrected chi connectivity index (χ2v) is 6.05. The first-order valence-corrected chi connectivity index (χ1v) is 7.14. The molecule has 1 aliphatic carbocycles. The molecule has 0 bridgehead atoms. The van der Waals surface area contributed by atoms with Crippen LogP contribution in [-0.4, -0.2) is 37.6 Å². The lowest BCUT2D eigenvalue weighted by Gasteiger charge is -2.40. The molecule has 1 aliphatic heterocycles. The highest BCUT2D eigenvalue weighted by molar-refractivity contribution is 4.90. The summed E-state index contributed by atoms with van der Waals surface area (Å²) in [5.41, 5.74) is 0.598. The first kappa shape index (κ1) is 12.4. The SMILES string of the molecule is CNCC1(CN2CCCCC2C)CCCC1. The number of rotatable bonds is 4. The number of piperidine rings is 1. The minimum atomic E-state index is 0.598. The van der Waals surface area contributed by atoms with Gasteiger partial charge >= 0.3 is 0 Å². The number of nitrogens with one attached hydrogen (secondary N) is 1. The number of nitrogens with zero attached hydrogens (tertiary/aromatic N) is 1. The molecule has 16 heavy (non-hydrogen) atoms. The van der Waals surface area contributed by atoms with Gasteiger partial charge in [0.05, 0.1) is 0 Å². The third-order valence-corrected chi connectivity index (χ3v) is 4.70. The fourth-order valence-corrected chi connectivity index (χ4v) is 3.71. The maximum atomic E-state index is 3.43. The summed E-state index contributed by atoms with van der Waals surface area (Å²) in [6.07, 6.45) is 10.0. The molecule has 0 spiro atoms. The van der Waals surface area contributed by atoms with Crippen molar-refractivity contribution in [2.45, 2.75) is 57.9 Å². The minimum Gasteiger partial charge on any atom is -0.319 e. The van der Waals surface area contributed by atoms with Crippen LogP contribution in [0.5, 0.6) is 0 Å². The Kier molecular flexibility index (Phi) is 4.26. The summed E-state index contributed by atoms with van der Waals surface area (Å²) in [4.78, 5) is 2.76. The van der Waals surface area contributed by atoms with E-state index < -0.39 is 0 Å². The van der Waals surface area contributed by atoms with Crippen molar-refractivity contribution < 1.29 is 0 Å². The van der Waals surface area contributed by atoms with Gasteiger partial charge in [0.25, 0.3) is 0 Å². The molecule has 0 amide bonds. The van der Waals surface area contributed by atoms with Crippen LogP contribution in [0.4, 0.5) is 0 Å². The zero-order valence-corrected chi connectivity index (χ0v) is 11.1. The van der Waals surface area contributed by atoms with Crippen LogP contribution in [-0.2, 0) is 0 Å². The summed E-state index contributed by atoms with van der Waals surface area (Å²) in [6.45, 7) is 6.32. The highest BCUT2D eigenvalue weighted by atomic mass is 15.2. The Hall–Kier alpha value is -0.0800. The van der Waals surface area contributed by atoms with Gasteiger partial charge in [-0.1, -0.05) is 19.3 Å². The Morgan fingerprint density at radius 1 is 1.19 bits per heavy atom. The second-order valence-electron chi connectivity index (χ2n) is 6.05. The van der Waals surface area contributed by atoms with Gasteiger partial charge in [-0.25, -0.2) is 0 Å². The highest BCUT2D eigenvalue weighted by Crippen LogP contribution is 2.39. The molecule has 1 heterocycles. The fraction of sp³-hybridized carbons (Fsp3) is 1.00. The average Bonchev–Trinajstić information content (AvgIpc) is 2.71. The van der Waals surface area contributed by atoms with E-state index in [1.807, 2.05) is 0 Å². The summed E-state index contributed by atoms with van der Waals surface area (Å²) in [6, 6.07) is 0.822. The fourth-order valence-electron chi connectivity index (χ4n) is 3.71. The largest absolute Gasteiger partial charge is 0.319 e. The first-order valence-electron chi connectivity index (χ1n) is 7.14. The standard InChI is InChI=1S/C14H28N2/c1-13-7-3-6-10-16(13)12-14(11-15-2)8-4-5-9-14/h13,15H,3-12H2,1-2H3. The molecular formula is C14H28N2. The van der Waals surface area contributed by atoms with Crippen molar-refractivity contribution in [3.63, 3.8) is 0 Å². The molecule has 2 heteroatoms. The molecule has 2 aliphatic rings. The van der Waals surface area contributed by atoms with E-state index in [-0.39, 0.29) is 0 Å². The summed E-state index contributed by atoms with van der Waals surface area (Å²) < 4.78 is 0. The molecule has 1 saturated heterocycles. The van der Waals surface area contributed by atoms with Gasteiger partial charge < -0.3 is 10.2 Å². The van der Waals surface area contributed by atoms with E-state index in [4.69, 9.17) is 0 Å². The second kappa shape index (κ2) is 5.50. The zero-order valence-electron chi connectivity index (χ0n) is 11.1. The van der Waals surface area contributed by atoms with Crippen LogP contribution in [0.15, 0.2) is 0 Å². The molecule has 2 rings (SSSR count). The van der Waals surface area contributed by atoms with E-state index in [2.05, 4.69) is 24.2 Å². The Morgan fingerprint density at radius 3 is 2.56 bits per heavy atom. The van der Waals surface area contributed by atoms with Crippen LogP contribution in [0.2, 0.25) is 0 Å². The van der Waals surface area contributed by atoms with Gasteiger partial charge in [-0.15, -0.1) is 0 Å². The molecule has 1 unspecified atom stereocenters. The van der Waals surface area contributed by atoms with Gasteiger partial charge in [0.2, 0.25) is 0 Å². The number of likely N-dealkylation sites (tertiary alicyclic amines) is 1. The molecule has 0 radical (unpaired) electrons. The lowest BCUT2D eigenvalue weighted by atomic mass is 9.84. The van der Waals surface area contributed by atoms with E-state index in [9.17, 15) is 0 Å². The van der Waals surface area contributed by atoms with Crippen molar-refractivity contribution in [3.8, 4) is 0 Å². The first-order chi connectivity index (χ1) is 7.76. The Morgan fingerprint density at radius 2 is 1.94 bits per heavy atom.